The van der Waals surface area contributed by atoms with Crippen molar-refractivity contribution < 1.29 is 0 Å². The second kappa shape index (κ2) is 7.67. The highest BCUT2D eigenvalue weighted by atomic mass is 32.1. The Kier molecular flexibility index (Phi) is 5.23. The van der Waals surface area contributed by atoms with E-state index in [1.807, 2.05) is 11.3 Å². The zero-order chi connectivity index (χ0) is 18.3. The molecule has 1 aromatic heterocycles. The van der Waals surface area contributed by atoms with E-state index in [1.165, 1.54) is 87.5 Å². The summed E-state index contributed by atoms with van der Waals surface area (Å²) in [5, 5.41) is 6.20. The van der Waals surface area contributed by atoms with E-state index in [-0.39, 0.29) is 0 Å². The van der Waals surface area contributed by atoms with Crippen molar-refractivity contribution in [2.24, 2.45) is 29.8 Å². The summed E-state index contributed by atoms with van der Waals surface area (Å²) in [6.45, 7) is 1.12. The van der Waals surface area contributed by atoms with Gasteiger partial charge in [-0.1, -0.05) is 25.7 Å². The Hall–Kier alpha value is -0.610. The van der Waals surface area contributed by atoms with E-state index >= 15 is 0 Å². The number of rotatable bonds is 5. The van der Waals surface area contributed by atoms with Crippen molar-refractivity contribution in [1.82, 2.24) is 9.88 Å². The van der Waals surface area contributed by atoms with E-state index in [9.17, 15) is 0 Å². The Morgan fingerprint density at radius 1 is 1.04 bits per heavy atom. The van der Waals surface area contributed by atoms with Crippen molar-refractivity contribution in [3.63, 3.8) is 0 Å². The molecule has 0 unspecified atom stereocenters. The first kappa shape index (κ1) is 18.4. The monoisotopic (exact) mass is 387 g/mol. The van der Waals surface area contributed by atoms with Crippen molar-refractivity contribution in [3.8, 4) is 0 Å². The summed E-state index contributed by atoms with van der Waals surface area (Å²) in [5.41, 5.74) is 1.76. The molecule has 4 heteroatoms. The first-order chi connectivity index (χ1) is 13.2. The smallest absolute Gasteiger partial charge is 0.185 e. The standard InChI is InChI=1S/C23H37N3S/c1-26-21(8-9-24-20-6-4-2-3-5-7-20)16-27-22(26)25-23-13-17-10-18(14-23)12-19(11-17)15-23/h16-20,24H,2-15H2,1H3. The van der Waals surface area contributed by atoms with Gasteiger partial charge in [-0.3, -0.25) is 4.99 Å². The summed E-state index contributed by atoms with van der Waals surface area (Å²) >= 11 is 1.88. The van der Waals surface area contributed by atoms with E-state index in [0.29, 0.717) is 5.54 Å². The van der Waals surface area contributed by atoms with Crippen LogP contribution in [0.1, 0.15) is 82.7 Å². The van der Waals surface area contributed by atoms with E-state index < -0.39 is 0 Å². The fourth-order valence-electron chi connectivity index (χ4n) is 7.02. The molecule has 1 N–H and O–H groups in total. The van der Waals surface area contributed by atoms with Crippen LogP contribution in [0.4, 0.5) is 0 Å². The molecule has 0 aliphatic heterocycles. The molecule has 5 aliphatic rings. The Bertz CT molecular complexity index is 672. The number of hydrogen-bond acceptors (Lipinski definition) is 3. The molecule has 0 spiro atoms. The molecule has 1 heterocycles. The molecule has 0 saturated heterocycles. The second-order valence-electron chi connectivity index (χ2n) is 10.2. The molecule has 0 radical (unpaired) electrons. The molecule has 0 aromatic carbocycles. The maximum atomic E-state index is 5.44. The quantitative estimate of drug-likeness (QED) is 0.722. The van der Waals surface area contributed by atoms with Crippen LogP contribution in [0.15, 0.2) is 10.4 Å². The van der Waals surface area contributed by atoms with Gasteiger partial charge >= 0.3 is 0 Å². The molecule has 27 heavy (non-hydrogen) atoms. The van der Waals surface area contributed by atoms with Crippen LogP contribution in [-0.2, 0) is 13.5 Å². The van der Waals surface area contributed by atoms with Crippen LogP contribution in [-0.4, -0.2) is 22.7 Å². The summed E-state index contributed by atoms with van der Waals surface area (Å²) in [6, 6.07) is 0.757. The van der Waals surface area contributed by atoms with Crippen LogP contribution < -0.4 is 10.1 Å². The fourth-order valence-corrected chi connectivity index (χ4v) is 8.06. The Morgan fingerprint density at radius 2 is 1.67 bits per heavy atom. The molecule has 3 nitrogen and oxygen atoms in total. The van der Waals surface area contributed by atoms with Gasteiger partial charge in [-0.25, -0.2) is 0 Å². The van der Waals surface area contributed by atoms with Crippen LogP contribution in [0.5, 0.6) is 0 Å². The molecular formula is C23H37N3S. The molecule has 1 aromatic rings. The minimum atomic E-state index is 0.299. The van der Waals surface area contributed by atoms with Gasteiger partial charge < -0.3 is 9.88 Å². The van der Waals surface area contributed by atoms with Crippen molar-refractivity contribution in [2.75, 3.05) is 6.54 Å². The summed E-state index contributed by atoms with van der Waals surface area (Å²) in [7, 11) is 2.25. The molecule has 6 rings (SSSR count). The molecule has 0 atom stereocenters. The topological polar surface area (TPSA) is 29.3 Å². The highest BCUT2D eigenvalue weighted by Gasteiger charge is 2.51. The van der Waals surface area contributed by atoms with Gasteiger partial charge in [0.05, 0.1) is 5.54 Å². The minimum absolute atomic E-state index is 0.299. The van der Waals surface area contributed by atoms with Crippen LogP contribution in [0.3, 0.4) is 0 Å². The lowest BCUT2D eigenvalue weighted by molar-refractivity contribution is -0.000363. The number of hydrogen-bond donors (Lipinski definition) is 1. The van der Waals surface area contributed by atoms with Crippen molar-refractivity contribution in [1.29, 1.82) is 0 Å². The second-order valence-corrected chi connectivity index (χ2v) is 11.1. The van der Waals surface area contributed by atoms with Crippen molar-refractivity contribution in [2.45, 2.75) is 95.1 Å². The zero-order valence-electron chi connectivity index (χ0n) is 17.1. The van der Waals surface area contributed by atoms with Gasteiger partial charge in [0.2, 0.25) is 0 Å². The predicted molar refractivity (Wildman–Crippen MR) is 113 cm³/mol. The highest BCUT2D eigenvalue weighted by molar-refractivity contribution is 7.07. The molecule has 5 saturated carbocycles. The van der Waals surface area contributed by atoms with Gasteiger partial charge in [-0.05, 0) is 69.1 Å². The fraction of sp³-hybridized carbons (Fsp3) is 0.870. The lowest BCUT2D eigenvalue weighted by Crippen LogP contribution is -2.50. The third-order valence-electron chi connectivity index (χ3n) is 8.03. The molecule has 5 aliphatic carbocycles. The van der Waals surface area contributed by atoms with Gasteiger partial charge in [0.15, 0.2) is 4.80 Å². The largest absolute Gasteiger partial charge is 0.324 e. The average molecular weight is 388 g/mol. The first-order valence-corrected chi connectivity index (χ1v) is 12.5. The van der Waals surface area contributed by atoms with E-state index in [4.69, 9.17) is 4.99 Å². The molecule has 5 fully saturated rings. The number of nitrogens with one attached hydrogen (secondary N) is 1. The Balaban J connectivity index is 1.24. The van der Waals surface area contributed by atoms with E-state index in [1.54, 1.807) is 0 Å². The number of nitrogens with zero attached hydrogens (tertiary/aromatic N) is 2. The van der Waals surface area contributed by atoms with Crippen LogP contribution in [0, 0.1) is 17.8 Å². The summed E-state index contributed by atoms with van der Waals surface area (Å²) < 4.78 is 2.40. The molecule has 4 bridgehead atoms. The maximum Gasteiger partial charge on any atom is 0.185 e. The summed E-state index contributed by atoms with van der Waals surface area (Å²) in [5.74, 6) is 2.94. The van der Waals surface area contributed by atoms with Gasteiger partial charge in [0.1, 0.15) is 0 Å². The summed E-state index contributed by atoms with van der Waals surface area (Å²) in [6.07, 6.45) is 18.2. The van der Waals surface area contributed by atoms with Gasteiger partial charge in [0, 0.05) is 37.1 Å². The van der Waals surface area contributed by atoms with Gasteiger partial charge in [-0.15, -0.1) is 11.3 Å². The number of aromatic nitrogens is 1. The zero-order valence-corrected chi connectivity index (χ0v) is 17.9. The van der Waals surface area contributed by atoms with Crippen molar-refractivity contribution >= 4 is 11.3 Å². The highest BCUT2D eigenvalue weighted by Crippen LogP contribution is 2.57. The lowest BCUT2D eigenvalue weighted by atomic mass is 9.53. The predicted octanol–water partition coefficient (Wildman–Crippen LogP) is 4.81. The van der Waals surface area contributed by atoms with Gasteiger partial charge in [0.25, 0.3) is 0 Å². The summed E-state index contributed by atoms with van der Waals surface area (Å²) in [4.78, 5) is 6.72. The molecular weight excluding hydrogens is 350 g/mol. The normalized spacial score (nSPS) is 37.1. The van der Waals surface area contributed by atoms with Crippen LogP contribution in [0.25, 0.3) is 0 Å². The third-order valence-corrected chi connectivity index (χ3v) is 8.99. The van der Waals surface area contributed by atoms with Crippen LogP contribution in [0.2, 0.25) is 0 Å². The van der Waals surface area contributed by atoms with E-state index in [2.05, 4.69) is 22.3 Å². The molecule has 150 valence electrons. The molecule has 0 amide bonds. The van der Waals surface area contributed by atoms with Crippen molar-refractivity contribution in [3.05, 3.63) is 15.9 Å². The lowest BCUT2D eigenvalue weighted by Gasteiger charge is -2.54. The number of thiazole rings is 1. The SMILES string of the molecule is Cn1c(CCNC2CCCCCC2)csc1=NC12CC3CC(CC(C3)C1)C2. The third kappa shape index (κ3) is 3.94. The Labute approximate surface area is 168 Å². The van der Waals surface area contributed by atoms with Crippen LogP contribution >= 0.6 is 11.3 Å². The van der Waals surface area contributed by atoms with E-state index in [0.717, 1.165) is 36.8 Å². The first-order valence-electron chi connectivity index (χ1n) is 11.6. The minimum Gasteiger partial charge on any atom is -0.324 e. The van der Waals surface area contributed by atoms with Gasteiger partial charge in [-0.2, -0.15) is 0 Å². The average Bonchev–Trinajstić information content (AvgIpc) is 2.83. The maximum absolute atomic E-state index is 5.44. The Morgan fingerprint density at radius 3 is 2.30 bits per heavy atom.